The summed E-state index contributed by atoms with van der Waals surface area (Å²) in [5.74, 6) is -0.642. The molecule has 2 aliphatic rings. The molecule has 7 heteroatoms. The number of anilines is 1. The van der Waals surface area contributed by atoms with Crippen LogP contribution in [0.2, 0.25) is 0 Å². The Morgan fingerprint density at radius 2 is 1.65 bits per heavy atom. The van der Waals surface area contributed by atoms with E-state index in [1.807, 2.05) is 42.5 Å². The Hall–Kier alpha value is -3.00. The lowest BCUT2D eigenvalue weighted by molar-refractivity contribution is -0.112. The Kier molecular flexibility index (Phi) is 6.76. The molecule has 2 heterocycles. The first kappa shape index (κ1) is 21.2. The second kappa shape index (κ2) is 9.87. The van der Waals surface area contributed by atoms with E-state index in [9.17, 15) is 9.59 Å². The zero-order valence-electron chi connectivity index (χ0n) is 17.5. The number of ketones is 1. The fourth-order valence-corrected chi connectivity index (χ4v) is 4.00. The molecule has 2 aromatic carbocycles. The minimum absolute atomic E-state index is 0.130. The Balaban J connectivity index is 1.37. The number of nitrogens with zero attached hydrogens (tertiary/aromatic N) is 2. The molecule has 31 heavy (non-hydrogen) atoms. The van der Waals surface area contributed by atoms with Gasteiger partial charge in [-0.3, -0.25) is 19.4 Å². The summed E-state index contributed by atoms with van der Waals surface area (Å²) in [4.78, 5) is 30.0. The molecular formula is C24H28N4O3. The fourth-order valence-electron chi connectivity index (χ4n) is 4.00. The number of aliphatic hydroxyl groups excluding tert-OH is 1. The number of β-amino-alcohol motifs (C(OH)–C–C–N with tert-alkyl or cyclic N) is 1. The zero-order chi connectivity index (χ0) is 21.6. The van der Waals surface area contributed by atoms with Crippen LogP contribution in [0.4, 0.5) is 5.69 Å². The van der Waals surface area contributed by atoms with Crippen molar-refractivity contribution in [2.75, 3.05) is 57.7 Å². The maximum absolute atomic E-state index is 13.0. The van der Waals surface area contributed by atoms with Crippen LogP contribution < -0.4 is 10.6 Å². The number of fused-ring (bicyclic) bond motifs is 1. The van der Waals surface area contributed by atoms with Gasteiger partial charge in [0.2, 0.25) is 5.78 Å². The molecule has 0 bridgehead atoms. The molecule has 0 aliphatic carbocycles. The molecule has 4 rings (SSSR count). The Morgan fingerprint density at radius 1 is 0.935 bits per heavy atom. The number of amides is 1. The number of carbonyl (C=O) groups excluding carboxylic acids is 2. The predicted molar refractivity (Wildman–Crippen MR) is 121 cm³/mol. The van der Waals surface area contributed by atoms with Crippen molar-refractivity contribution >= 4 is 17.4 Å². The molecule has 0 spiro atoms. The largest absolute Gasteiger partial charge is 0.395 e. The number of piperazine rings is 1. The molecular weight excluding hydrogens is 392 g/mol. The first-order valence-electron chi connectivity index (χ1n) is 10.7. The number of Topliss-reactive ketones (excluding diaryl/α,β-unsaturated/α-hetero) is 1. The molecule has 1 fully saturated rings. The first-order valence-corrected chi connectivity index (χ1v) is 10.7. The number of rotatable bonds is 7. The summed E-state index contributed by atoms with van der Waals surface area (Å²) >= 11 is 0. The van der Waals surface area contributed by atoms with Crippen LogP contribution in [0.5, 0.6) is 0 Å². The molecule has 0 saturated carbocycles. The van der Waals surface area contributed by atoms with Crippen LogP contribution in [-0.2, 0) is 4.79 Å². The number of carbonyl (C=O) groups is 2. The van der Waals surface area contributed by atoms with Gasteiger partial charge in [0.1, 0.15) is 5.57 Å². The molecule has 0 unspecified atom stereocenters. The highest BCUT2D eigenvalue weighted by Gasteiger charge is 2.28. The first-order chi connectivity index (χ1) is 15.2. The number of hydrogen-bond donors (Lipinski definition) is 3. The molecule has 0 atom stereocenters. The van der Waals surface area contributed by atoms with Gasteiger partial charge in [-0.2, -0.15) is 0 Å². The van der Waals surface area contributed by atoms with Crippen LogP contribution in [0.25, 0.3) is 11.1 Å². The van der Waals surface area contributed by atoms with Crippen molar-refractivity contribution in [1.29, 1.82) is 0 Å². The average Bonchev–Trinajstić information content (AvgIpc) is 2.80. The molecule has 2 aliphatic heterocycles. The van der Waals surface area contributed by atoms with Crippen LogP contribution >= 0.6 is 0 Å². The highest BCUT2D eigenvalue weighted by molar-refractivity contribution is 6.34. The lowest BCUT2D eigenvalue weighted by atomic mass is 9.93. The van der Waals surface area contributed by atoms with Crippen molar-refractivity contribution in [1.82, 2.24) is 15.1 Å². The van der Waals surface area contributed by atoms with E-state index in [1.54, 1.807) is 6.07 Å². The topological polar surface area (TPSA) is 84.9 Å². The van der Waals surface area contributed by atoms with Crippen LogP contribution in [0.3, 0.4) is 0 Å². The summed E-state index contributed by atoms with van der Waals surface area (Å²) in [6.45, 7) is 6.21. The number of hydrogen-bond acceptors (Lipinski definition) is 6. The third-order valence-electron chi connectivity index (χ3n) is 5.81. The van der Waals surface area contributed by atoms with Crippen LogP contribution in [0, 0.1) is 0 Å². The van der Waals surface area contributed by atoms with E-state index in [4.69, 9.17) is 5.11 Å². The Bertz CT molecular complexity index is 966. The monoisotopic (exact) mass is 420 g/mol. The molecule has 7 nitrogen and oxygen atoms in total. The van der Waals surface area contributed by atoms with Gasteiger partial charge in [0.15, 0.2) is 0 Å². The van der Waals surface area contributed by atoms with Gasteiger partial charge in [0.25, 0.3) is 5.91 Å². The van der Waals surface area contributed by atoms with Crippen molar-refractivity contribution in [3.8, 4) is 11.1 Å². The summed E-state index contributed by atoms with van der Waals surface area (Å²) in [6, 6.07) is 15.4. The number of nitrogens with one attached hydrogen (secondary N) is 2. The summed E-state index contributed by atoms with van der Waals surface area (Å²) in [7, 11) is 0. The Labute approximate surface area is 182 Å². The molecule has 0 aromatic heterocycles. The van der Waals surface area contributed by atoms with Crippen LogP contribution in [-0.4, -0.2) is 79.0 Å². The van der Waals surface area contributed by atoms with E-state index in [0.29, 0.717) is 17.8 Å². The van der Waals surface area contributed by atoms with E-state index in [-0.39, 0.29) is 23.9 Å². The third kappa shape index (κ3) is 5.02. The molecule has 3 N–H and O–H groups in total. The van der Waals surface area contributed by atoms with Gasteiger partial charge in [0, 0.05) is 57.6 Å². The van der Waals surface area contributed by atoms with Crippen LogP contribution in [0.15, 0.2) is 60.3 Å². The number of benzene rings is 2. The quantitative estimate of drug-likeness (QED) is 0.358. The summed E-state index contributed by atoms with van der Waals surface area (Å²) in [6.07, 6.45) is 1.54. The highest BCUT2D eigenvalue weighted by atomic mass is 16.3. The van der Waals surface area contributed by atoms with Gasteiger partial charge < -0.3 is 15.7 Å². The van der Waals surface area contributed by atoms with Crippen molar-refractivity contribution in [2.24, 2.45) is 0 Å². The third-order valence-corrected chi connectivity index (χ3v) is 5.81. The van der Waals surface area contributed by atoms with Gasteiger partial charge in [-0.15, -0.1) is 0 Å². The van der Waals surface area contributed by atoms with E-state index in [0.717, 1.165) is 50.4 Å². The maximum Gasteiger partial charge on any atom is 0.261 e. The minimum Gasteiger partial charge on any atom is -0.395 e. The maximum atomic E-state index is 13.0. The zero-order valence-corrected chi connectivity index (χ0v) is 17.5. The van der Waals surface area contributed by atoms with E-state index >= 15 is 0 Å². The standard InChI is InChI=1S/C24H28N4O3/c29-15-14-28-12-10-27(11-13-28)9-8-25-17-21-23(30)20-16-19(18-4-2-1-3-5-18)6-7-22(20)26-24(21)31/h1-7,16-17,25,29H,8-15H2,(H,26,31). The second-order valence-corrected chi connectivity index (χ2v) is 7.83. The summed E-state index contributed by atoms with van der Waals surface area (Å²) in [5.41, 5.74) is 3.15. The van der Waals surface area contributed by atoms with Gasteiger partial charge >= 0.3 is 0 Å². The smallest absolute Gasteiger partial charge is 0.261 e. The molecule has 2 aromatic rings. The molecule has 0 radical (unpaired) electrons. The average molecular weight is 421 g/mol. The number of aliphatic hydroxyl groups is 1. The summed E-state index contributed by atoms with van der Waals surface area (Å²) in [5, 5.41) is 15.0. The van der Waals surface area contributed by atoms with Crippen LogP contribution in [0.1, 0.15) is 10.4 Å². The van der Waals surface area contributed by atoms with Gasteiger partial charge in [-0.25, -0.2) is 0 Å². The Morgan fingerprint density at radius 3 is 2.35 bits per heavy atom. The second-order valence-electron chi connectivity index (χ2n) is 7.83. The SMILES string of the molecule is O=C1Nc2ccc(-c3ccccc3)cc2C(=O)C1=CNCCN1CCN(CCO)CC1. The van der Waals surface area contributed by atoms with Crippen molar-refractivity contribution in [3.05, 3.63) is 65.9 Å². The van der Waals surface area contributed by atoms with E-state index in [1.165, 1.54) is 6.20 Å². The lowest BCUT2D eigenvalue weighted by Gasteiger charge is -2.34. The molecule has 1 saturated heterocycles. The van der Waals surface area contributed by atoms with E-state index in [2.05, 4.69) is 20.4 Å². The molecule has 162 valence electrons. The van der Waals surface area contributed by atoms with Gasteiger partial charge in [0.05, 0.1) is 12.3 Å². The van der Waals surface area contributed by atoms with Crippen molar-refractivity contribution in [2.45, 2.75) is 0 Å². The normalized spacial score (nSPS) is 18.7. The highest BCUT2D eigenvalue weighted by Crippen LogP contribution is 2.30. The molecule has 1 amide bonds. The lowest BCUT2D eigenvalue weighted by Crippen LogP contribution is -2.48. The summed E-state index contributed by atoms with van der Waals surface area (Å²) < 4.78 is 0. The minimum atomic E-state index is -0.380. The predicted octanol–water partition coefficient (Wildman–Crippen LogP) is 1.57. The van der Waals surface area contributed by atoms with E-state index < -0.39 is 0 Å². The van der Waals surface area contributed by atoms with Crippen molar-refractivity contribution in [3.63, 3.8) is 0 Å². The van der Waals surface area contributed by atoms with Crippen molar-refractivity contribution < 1.29 is 14.7 Å². The van der Waals surface area contributed by atoms with Gasteiger partial charge in [-0.1, -0.05) is 36.4 Å². The van der Waals surface area contributed by atoms with Gasteiger partial charge in [-0.05, 0) is 23.3 Å². The fraction of sp³-hybridized carbons (Fsp3) is 0.333.